The van der Waals surface area contributed by atoms with Gasteiger partial charge in [0.25, 0.3) is 0 Å². The molecule has 0 amide bonds. The molecule has 0 spiro atoms. The highest BCUT2D eigenvalue weighted by Crippen LogP contribution is 2.46. The van der Waals surface area contributed by atoms with Crippen LogP contribution in [0.1, 0.15) is 0 Å². The summed E-state index contributed by atoms with van der Waals surface area (Å²) in [6.07, 6.45) is 1.22. The largest absolute Gasteiger partial charge is 0.224 e. The van der Waals surface area contributed by atoms with Gasteiger partial charge in [0.05, 0.1) is 4.90 Å². The molecule has 2 aliphatic rings. The van der Waals surface area contributed by atoms with Gasteiger partial charge < -0.3 is 0 Å². The summed E-state index contributed by atoms with van der Waals surface area (Å²) in [6.45, 7) is 0. The van der Waals surface area contributed by atoms with Crippen molar-refractivity contribution in [3.05, 3.63) is 90.0 Å². The van der Waals surface area contributed by atoms with E-state index < -0.39 is 9.84 Å². The summed E-state index contributed by atoms with van der Waals surface area (Å²) < 4.78 is 23.5. The van der Waals surface area contributed by atoms with E-state index in [2.05, 4.69) is 18.2 Å². The molecule has 2 nitrogen and oxygen atoms in total. The molecular formula is C23H17ClO2S. The second kappa shape index (κ2) is 6.84. The van der Waals surface area contributed by atoms with Gasteiger partial charge in [-0.3, -0.25) is 0 Å². The molecule has 0 heterocycles. The Bertz CT molecular complexity index is 1200. The lowest BCUT2D eigenvalue weighted by Gasteiger charge is -2.10. The highest BCUT2D eigenvalue weighted by atomic mass is 35.5. The lowest BCUT2D eigenvalue weighted by atomic mass is 9.96. The zero-order chi connectivity index (χ0) is 19.0. The van der Waals surface area contributed by atoms with Crippen molar-refractivity contribution in [1.29, 1.82) is 0 Å². The van der Waals surface area contributed by atoms with Gasteiger partial charge in [-0.2, -0.15) is 0 Å². The van der Waals surface area contributed by atoms with Crippen LogP contribution in [-0.4, -0.2) is 14.7 Å². The van der Waals surface area contributed by atoms with Crippen LogP contribution in [0.2, 0.25) is 5.02 Å². The van der Waals surface area contributed by atoms with E-state index in [0.29, 0.717) is 9.92 Å². The first-order chi connectivity index (χ1) is 12.9. The predicted molar refractivity (Wildman–Crippen MR) is 112 cm³/mol. The van der Waals surface area contributed by atoms with Crippen LogP contribution in [0.5, 0.6) is 0 Å². The van der Waals surface area contributed by atoms with Gasteiger partial charge in [0, 0.05) is 16.8 Å². The third kappa shape index (κ3) is 3.36. The van der Waals surface area contributed by atoms with Crippen molar-refractivity contribution in [2.45, 2.75) is 4.90 Å². The summed E-state index contributed by atoms with van der Waals surface area (Å²) in [5.74, 6) is 0. The van der Waals surface area contributed by atoms with Crippen LogP contribution in [0.3, 0.4) is 0 Å². The van der Waals surface area contributed by atoms with Gasteiger partial charge >= 0.3 is 0 Å². The van der Waals surface area contributed by atoms with Crippen LogP contribution in [0.4, 0.5) is 0 Å². The van der Waals surface area contributed by atoms with Gasteiger partial charge in [-0.05, 0) is 52.1 Å². The van der Waals surface area contributed by atoms with Crippen molar-refractivity contribution in [2.75, 3.05) is 6.26 Å². The first-order valence-electron chi connectivity index (χ1n) is 8.52. The molecule has 0 saturated carbocycles. The number of halogens is 1. The van der Waals surface area contributed by atoms with Crippen molar-refractivity contribution in [3.63, 3.8) is 0 Å². The quantitative estimate of drug-likeness (QED) is 0.417. The maximum absolute atomic E-state index is 11.8. The molecule has 0 saturated heterocycles. The topological polar surface area (TPSA) is 34.1 Å². The maximum atomic E-state index is 11.8. The number of fused-ring (bicyclic) bond motifs is 1. The Labute approximate surface area is 164 Å². The summed E-state index contributed by atoms with van der Waals surface area (Å²) >= 11 is 6.51. The summed E-state index contributed by atoms with van der Waals surface area (Å²) in [6, 6.07) is 27.1. The lowest BCUT2D eigenvalue weighted by molar-refractivity contribution is 0.602. The van der Waals surface area contributed by atoms with Crippen molar-refractivity contribution in [2.24, 2.45) is 0 Å². The third-order valence-corrected chi connectivity index (χ3v) is 6.11. The normalized spacial score (nSPS) is 11.6. The average Bonchev–Trinajstić information content (AvgIpc) is 2.84. The van der Waals surface area contributed by atoms with Gasteiger partial charge in [0.1, 0.15) is 0 Å². The van der Waals surface area contributed by atoms with Gasteiger partial charge in [-0.15, -0.1) is 0 Å². The molecule has 0 aromatic heterocycles. The van der Waals surface area contributed by atoms with E-state index in [1.807, 2.05) is 54.6 Å². The van der Waals surface area contributed by atoms with Crippen LogP contribution in [0.25, 0.3) is 33.4 Å². The molecular weight excluding hydrogens is 376 g/mol. The van der Waals surface area contributed by atoms with E-state index in [1.54, 1.807) is 12.1 Å². The summed E-state index contributed by atoms with van der Waals surface area (Å²) in [7, 11) is -3.23. The van der Waals surface area contributed by atoms with E-state index in [-0.39, 0.29) is 0 Å². The summed E-state index contributed by atoms with van der Waals surface area (Å²) in [5.41, 5.74) is 6.22. The van der Waals surface area contributed by atoms with Crippen LogP contribution < -0.4 is 0 Å². The average molecular weight is 393 g/mol. The highest BCUT2D eigenvalue weighted by molar-refractivity contribution is 7.90. The maximum Gasteiger partial charge on any atom is 0.175 e. The molecule has 4 heteroatoms. The molecule has 0 fully saturated rings. The Morgan fingerprint density at radius 1 is 0.667 bits per heavy atom. The van der Waals surface area contributed by atoms with Crippen LogP contribution in [0.15, 0.2) is 89.8 Å². The molecule has 0 N–H and O–H groups in total. The third-order valence-electron chi connectivity index (χ3n) is 4.65. The van der Waals surface area contributed by atoms with E-state index >= 15 is 0 Å². The second-order valence-electron chi connectivity index (χ2n) is 6.49. The summed E-state index contributed by atoms with van der Waals surface area (Å²) in [4.78, 5) is 0.313. The zero-order valence-corrected chi connectivity index (χ0v) is 16.3. The minimum Gasteiger partial charge on any atom is -0.224 e. The van der Waals surface area contributed by atoms with E-state index in [4.69, 9.17) is 11.6 Å². The Morgan fingerprint density at radius 2 is 1.30 bits per heavy atom. The SMILES string of the molecule is CS(=O)(=O)c1ccc(-c2cc3cccccc-3c2-c2ccccc2Cl)cc1. The number of rotatable bonds is 3. The smallest absolute Gasteiger partial charge is 0.175 e. The standard InChI is InChI=1S/C23H17ClO2S/c1-27(25,26)18-13-11-16(12-14-18)21-15-17-7-3-2-4-8-19(17)23(21)20-9-5-6-10-22(20)24/h2-15H,1H3. The van der Waals surface area contributed by atoms with Crippen molar-refractivity contribution in [1.82, 2.24) is 0 Å². The minimum absolute atomic E-state index is 0.313. The lowest BCUT2D eigenvalue weighted by Crippen LogP contribution is -1.96. The number of hydrogen-bond acceptors (Lipinski definition) is 2. The Morgan fingerprint density at radius 3 is 2.00 bits per heavy atom. The highest BCUT2D eigenvalue weighted by Gasteiger charge is 2.20. The monoisotopic (exact) mass is 392 g/mol. The summed E-state index contributed by atoms with van der Waals surface area (Å²) in [5, 5.41) is 0.686. The first-order valence-corrected chi connectivity index (χ1v) is 10.8. The van der Waals surface area contributed by atoms with Gasteiger partial charge in [0.15, 0.2) is 9.84 Å². The van der Waals surface area contributed by atoms with Crippen molar-refractivity contribution in [3.8, 4) is 33.4 Å². The fourth-order valence-corrected chi connectivity index (χ4v) is 4.21. The zero-order valence-electron chi connectivity index (χ0n) is 14.7. The number of hydrogen-bond donors (Lipinski definition) is 0. The number of sulfone groups is 1. The molecule has 2 aromatic rings. The Kier molecular flexibility index (Phi) is 4.50. The van der Waals surface area contributed by atoms with Gasteiger partial charge in [-0.1, -0.05) is 72.3 Å². The van der Waals surface area contributed by atoms with Crippen molar-refractivity contribution >= 4 is 21.4 Å². The van der Waals surface area contributed by atoms with Gasteiger partial charge in [0.2, 0.25) is 0 Å². The fourth-order valence-electron chi connectivity index (χ4n) is 3.35. The van der Waals surface area contributed by atoms with E-state index in [0.717, 1.165) is 33.4 Å². The van der Waals surface area contributed by atoms with Crippen molar-refractivity contribution < 1.29 is 8.42 Å². The van der Waals surface area contributed by atoms with Crippen LogP contribution in [-0.2, 0) is 9.84 Å². The first kappa shape index (κ1) is 17.8. The molecule has 0 aliphatic heterocycles. The van der Waals surface area contributed by atoms with Crippen LogP contribution >= 0.6 is 11.6 Å². The molecule has 0 unspecified atom stereocenters. The number of benzene rings is 2. The molecule has 134 valence electrons. The minimum atomic E-state index is -3.23. The Hall–Kier alpha value is -2.62. The van der Waals surface area contributed by atoms with Crippen LogP contribution in [0, 0.1) is 0 Å². The molecule has 0 bridgehead atoms. The molecule has 0 radical (unpaired) electrons. The van der Waals surface area contributed by atoms with E-state index in [1.165, 1.54) is 6.26 Å². The molecule has 4 rings (SSSR count). The van der Waals surface area contributed by atoms with E-state index in [9.17, 15) is 8.42 Å². The molecule has 2 aromatic carbocycles. The second-order valence-corrected chi connectivity index (χ2v) is 8.91. The molecule has 2 aliphatic carbocycles. The fraction of sp³-hybridized carbons (Fsp3) is 0.0435. The predicted octanol–water partition coefficient (Wildman–Crippen LogP) is 6.18. The van der Waals surface area contributed by atoms with Gasteiger partial charge in [-0.25, -0.2) is 8.42 Å². The molecule has 0 atom stereocenters. The molecule has 27 heavy (non-hydrogen) atoms. The Balaban J connectivity index is 2.00.